The third-order valence-corrected chi connectivity index (χ3v) is 5.47. The van der Waals surface area contributed by atoms with Crippen molar-refractivity contribution in [1.29, 1.82) is 0 Å². The first kappa shape index (κ1) is 16.1. The zero-order valence-corrected chi connectivity index (χ0v) is 14.2. The quantitative estimate of drug-likeness (QED) is 0.911. The molecule has 124 valence electrons. The van der Waals surface area contributed by atoms with Gasteiger partial charge in [0.25, 0.3) is 0 Å². The zero-order chi connectivity index (χ0) is 16.4. The van der Waals surface area contributed by atoms with Gasteiger partial charge in [0.1, 0.15) is 5.69 Å². The van der Waals surface area contributed by atoms with E-state index in [4.69, 9.17) is 0 Å². The highest BCUT2D eigenvalue weighted by Crippen LogP contribution is 2.23. The Morgan fingerprint density at radius 1 is 1.26 bits per heavy atom. The van der Waals surface area contributed by atoms with E-state index in [0.717, 1.165) is 42.2 Å². The van der Waals surface area contributed by atoms with Crippen LogP contribution in [0.3, 0.4) is 0 Å². The number of imidazole rings is 1. The lowest BCUT2D eigenvalue weighted by atomic mass is 9.93. The molecule has 3 heterocycles. The standard InChI is InChI=1S/C15H21N5O2S/c1-11-8-17-15(18-11)14-10-16-9-13(19-14)7-12-3-5-20(6-4-12)23(2,21)22/h8-10,12H,3-7H2,1-2H3,(H,17,18). The number of sulfonamides is 1. The average molecular weight is 335 g/mol. The minimum Gasteiger partial charge on any atom is -0.341 e. The van der Waals surface area contributed by atoms with Crippen molar-refractivity contribution in [3.63, 3.8) is 0 Å². The highest BCUT2D eigenvalue weighted by atomic mass is 32.2. The molecule has 0 saturated carbocycles. The number of H-pyrrole nitrogens is 1. The van der Waals surface area contributed by atoms with E-state index >= 15 is 0 Å². The normalized spacial score (nSPS) is 17.5. The van der Waals surface area contributed by atoms with Gasteiger partial charge in [0.2, 0.25) is 10.0 Å². The van der Waals surface area contributed by atoms with Crippen LogP contribution in [0.4, 0.5) is 0 Å². The Labute approximate surface area is 136 Å². The first-order valence-corrected chi connectivity index (χ1v) is 9.54. The molecule has 3 rings (SSSR count). The molecule has 1 aliphatic rings. The van der Waals surface area contributed by atoms with E-state index in [1.807, 2.05) is 6.92 Å². The molecule has 0 bridgehead atoms. The summed E-state index contributed by atoms with van der Waals surface area (Å²) in [6.45, 7) is 3.13. The molecule has 0 amide bonds. The van der Waals surface area contributed by atoms with Gasteiger partial charge >= 0.3 is 0 Å². The lowest BCUT2D eigenvalue weighted by molar-refractivity contribution is 0.273. The van der Waals surface area contributed by atoms with Crippen LogP contribution < -0.4 is 0 Å². The predicted octanol–water partition coefficient (Wildman–Crippen LogP) is 1.39. The van der Waals surface area contributed by atoms with Crippen molar-refractivity contribution in [2.24, 2.45) is 5.92 Å². The highest BCUT2D eigenvalue weighted by Gasteiger charge is 2.25. The lowest BCUT2D eigenvalue weighted by Gasteiger charge is -2.29. The second kappa shape index (κ2) is 6.37. The SMILES string of the molecule is Cc1cnc(-c2cncc(CC3CCN(S(C)(=O)=O)CC3)n2)[nH]1. The first-order valence-electron chi connectivity index (χ1n) is 7.70. The van der Waals surface area contributed by atoms with Crippen LogP contribution in [0.15, 0.2) is 18.6 Å². The van der Waals surface area contributed by atoms with Gasteiger partial charge in [-0.25, -0.2) is 22.7 Å². The number of hydrogen-bond acceptors (Lipinski definition) is 5. The zero-order valence-electron chi connectivity index (χ0n) is 13.4. The first-order chi connectivity index (χ1) is 10.9. The number of aryl methyl sites for hydroxylation is 1. The molecule has 1 N–H and O–H groups in total. The van der Waals surface area contributed by atoms with Crippen LogP contribution in [0.2, 0.25) is 0 Å². The Hall–Kier alpha value is -1.80. The number of nitrogens with one attached hydrogen (secondary N) is 1. The van der Waals surface area contributed by atoms with Gasteiger partial charge in [0.15, 0.2) is 5.82 Å². The second-order valence-corrected chi connectivity index (χ2v) is 8.10. The monoisotopic (exact) mass is 335 g/mol. The fourth-order valence-electron chi connectivity index (χ4n) is 2.90. The molecular weight excluding hydrogens is 314 g/mol. The van der Waals surface area contributed by atoms with Crippen LogP contribution in [0, 0.1) is 12.8 Å². The highest BCUT2D eigenvalue weighted by molar-refractivity contribution is 7.88. The van der Waals surface area contributed by atoms with Crippen molar-refractivity contribution in [2.45, 2.75) is 26.2 Å². The maximum Gasteiger partial charge on any atom is 0.211 e. The molecule has 0 atom stereocenters. The molecule has 8 heteroatoms. The van der Waals surface area contributed by atoms with Gasteiger partial charge in [-0.1, -0.05) is 0 Å². The van der Waals surface area contributed by atoms with Crippen molar-refractivity contribution in [3.8, 4) is 11.5 Å². The molecule has 2 aromatic rings. The molecule has 0 unspecified atom stereocenters. The van der Waals surface area contributed by atoms with Gasteiger partial charge in [-0.2, -0.15) is 0 Å². The Bertz CT molecular complexity index is 779. The average Bonchev–Trinajstić information content (AvgIpc) is 2.94. The summed E-state index contributed by atoms with van der Waals surface area (Å²) in [6.07, 6.45) is 9.06. The number of rotatable bonds is 4. The summed E-state index contributed by atoms with van der Waals surface area (Å²) in [7, 11) is -3.07. The molecule has 2 aromatic heterocycles. The molecule has 7 nitrogen and oxygen atoms in total. The fraction of sp³-hybridized carbons (Fsp3) is 0.533. The van der Waals surface area contributed by atoms with Crippen molar-refractivity contribution in [2.75, 3.05) is 19.3 Å². The number of nitrogens with zero attached hydrogens (tertiary/aromatic N) is 4. The summed E-state index contributed by atoms with van der Waals surface area (Å²) in [5, 5.41) is 0. The van der Waals surface area contributed by atoms with Gasteiger partial charge in [-0.05, 0) is 32.1 Å². The van der Waals surface area contributed by atoms with Gasteiger partial charge in [0, 0.05) is 31.2 Å². The van der Waals surface area contributed by atoms with E-state index in [1.165, 1.54) is 6.26 Å². The van der Waals surface area contributed by atoms with Gasteiger partial charge in [0.05, 0.1) is 18.1 Å². The molecule has 1 fully saturated rings. The van der Waals surface area contributed by atoms with E-state index in [2.05, 4.69) is 19.9 Å². The number of piperidine rings is 1. The van der Waals surface area contributed by atoms with Crippen molar-refractivity contribution in [1.82, 2.24) is 24.2 Å². The maximum atomic E-state index is 11.5. The third kappa shape index (κ3) is 3.94. The van der Waals surface area contributed by atoms with Crippen LogP contribution in [-0.4, -0.2) is 52.0 Å². The number of aromatic nitrogens is 4. The van der Waals surface area contributed by atoms with E-state index in [0.29, 0.717) is 19.0 Å². The molecule has 23 heavy (non-hydrogen) atoms. The largest absolute Gasteiger partial charge is 0.341 e. The van der Waals surface area contributed by atoms with Crippen LogP contribution >= 0.6 is 0 Å². The van der Waals surface area contributed by atoms with E-state index in [1.54, 1.807) is 22.9 Å². The van der Waals surface area contributed by atoms with E-state index in [-0.39, 0.29) is 0 Å². The van der Waals surface area contributed by atoms with E-state index < -0.39 is 10.0 Å². The van der Waals surface area contributed by atoms with Crippen LogP contribution in [0.1, 0.15) is 24.2 Å². The minimum atomic E-state index is -3.07. The summed E-state index contributed by atoms with van der Waals surface area (Å²) in [5.41, 5.74) is 2.65. The van der Waals surface area contributed by atoms with Gasteiger partial charge < -0.3 is 4.98 Å². The Morgan fingerprint density at radius 2 is 2.00 bits per heavy atom. The molecular formula is C15H21N5O2S. The Balaban J connectivity index is 1.65. The second-order valence-electron chi connectivity index (χ2n) is 6.12. The van der Waals surface area contributed by atoms with Crippen LogP contribution in [0.25, 0.3) is 11.5 Å². The van der Waals surface area contributed by atoms with Crippen LogP contribution in [0.5, 0.6) is 0 Å². The summed E-state index contributed by atoms with van der Waals surface area (Å²) >= 11 is 0. The summed E-state index contributed by atoms with van der Waals surface area (Å²) in [6, 6.07) is 0. The number of aromatic amines is 1. The fourth-order valence-corrected chi connectivity index (χ4v) is 3.78. The molecule has 0 aromatic carbocycles. The molecule has 1 aliphatic heterocycles. The van der Waals surface area contributed by atoms with Crippen LogP contribution in [-0.2, 0) is 16.4 Å². The summed E-state index contributed by atoms with van der Waals surface area (Å²) in [5.74, 6) is 1.17. The van der Waals surface area contributed by atoms with Gasteiger partial charge in [-0.15, -0.1) is 0 Å². The van der Waals surface area contributed by atoms with E-state index in [9.17, 15) is 8.42 Å². The maximum absolute atomic E-state index is 11.5. The third-order valence-electron chi connectivity index (χ3n) is 4.17. The Morgan fingerprint density at radius 3 is 2.61 bits per heavy atom. The lowest BCUT2D eigenvalue weighted by Crippen LogP contribution is -2.38. The van der Waals surface area contributed by atoms with Crippen molar-refractivity contribution in [3.05, 3.63) is 30.0 Å². The number of hydrogen-bond donors (Lipinski definition) is 1. The molecule has 0 aliphatic carbocycles. The smallest absolute Gasteiger partial charge is 0.211 e. The summed E-state index contributed by atoms with van der Waals surface area (Å²) < 4.78 is 24.6. The van der Waals surface area contributed by atoms with Crippen molar-refractivity contribution < 1.29 is 8.42 Å². The van der Waals surface area contributed by atoms with Crippen molar-refractivity contribution >= 4 is 10.0 Å². The Kier molecular flexibility index (Phi) is 4.45. The molecule has 1 saturated heterocycles. The summed E-state index contributed by atoms with van der Waals surface area (Å²) in [4.78, 5) is 16.3. The molecule has 0 spiro atoms. The minimum absolute atomic E-state index is 0.441. The molecule has 0 radical (unpaired) electrons. The van der Waals surface area contributed by atoms with Gasteiger partial charge in [-0.3, -0.25) is 4.98 Å². The predicted molar refractivity (Wildman–Crippen MR) is 87.2 cm³/mol. The topological polar surface area (TPSA) is 91.8 Å².